The maximum atomic E-state index is 12.5. The molecule has 0 amide bonds. The highest BCUT2D eigenvalue weighted by molar-refractivity contribution is 5.99. The molecule has 0 radical (unpaired) electrons. The molecule has 4 rings (SSSR count). The molecular formula is C25H26N6O2. The Hall–Kier alpha value is -3.81. The number of rotatable bonds is 10. The number of carbonyl (C=O) groups excluding carboxylic acids is 2. The van der Waals surface area contributed by atoms with E-state index in [9.17, 15) is 9.59 Å². The molecule has 8 nitrogen and oxygen atoms in total. The highest BCUT2D eigenvalue weighted by Gasteiger charge is 2.20. The third-order valence-corrected chi connectivity index (χ3v) is 5.54. The van der Waals surface area contributed by atoms with Crippen molar-refractivity contribution in [1.29, 1.82) is 0 Å². The molecule has 0 spiro atoms. The molecule has 1 aliphatic heterocycles. The lowest BCUT2D eigenvalue weighted by molar-refractivity contribution is -0.118. The summed E-state index contributed by atoms with van der Waals surface area (Å²) in [5.74, 6) is 2.29. The van der Waals surface area contributed by atoms with Crippen LogP contribution in [-0.4, -0.2) is 38.3 Å². The summed E-state index contributed by atoms with van der Waals surface area (Å²) in [4.78, 5) is 28.7. The molecule has 3 aromatic rings. The molecule has 168 valence electrons. The van der Waals surface area contributed by atoms with E-state index in [0.29, 0.717) is 43.6 Å². The fraction of sp³-hybridized carbons (Fsp3) is 0.320. The maximum Gasteiger partial charge on any atom is 0.179 e. The van der Waals surface area contributed by atoms with Crippen LogP contribution in [0.1, 0.15) is 53.4 Å². The molecule has 0 saturated carbocycles. The van der Waals surface area contributed by atoms with Crippen LogP contribution in [0.4, 0.5) is 0 Å². The second-order valence-electron chi connectivity index (χ2n) is 7.97. The van der Waals surface area contributed by atoms with Gasteiger partial charge in [-0.25, -0.2) is 4.99 Å². The van der Waals surface area contributed by atoms with Crippen molar-refractivity contribution in [2.75, 3.05) is 0 Å². The minimum Gasteiger partial charge on any atom is -0.315 e. The Morgan fingerprint density at radius 3 is 2.55 bits per heavy atom. The normalized spacial score (nSPS) is 15.0. The lowest BCUT2D eigenvalue weighted by atomic mass is 10.0. The number of hydrogen-bond acceptors (Lipinski definition) is 7. The largest absolute Gasteiger partial charge is 0.315 e. The number of azo groups is 1. The van der Waals surface area contributed by atoms with Crippen LogP contribution in [-0.2, 0) is 30.6 Å². The van der Waals surface area contributed by atoms with Crippen LogP contribution in [0.3, 0.4) is 0 Å². The predicted molar refractivity (Wildman–Crippen MR) is 125 cm³/mol. The van der Waals surface area contributed by atoms with Gasteiger partial charge in [0.2, 0.25) is 0 Å². The van der Waals surface area contributed by atoms with Crippen molar-refractivity contribution < 1.29 is 9.59 Å². The molecule has 0 saturated heterocycles. The van der Waals surface area contributed by atoms with Crippen LogP contribution in [0.5, 0.6) is 0 Å². The Morgan fingerprint density at radius 2 is 1.79 bits per heavy atom. The molecule has 0 N–H and O–H groups in total. The molecular weight excluding hydrogens is 416 g/mol. The number of aliphatic imine (C=N–C) groups is 1. The van der Waals surface area contributed by atoms with Gasteiger partial charge in [-0.3, -0.25) is 9.59 Å². The van der Waals surface area contributed by atoms with Gasteiger partial charge in [0.15, 0.2) is 17.8 Å². The minimum absolute atomic E-state index is 0.00472. The predicted octanol–water partition coefficient (Wildman–Crippen LogP) is 4.03. The fourth-order valence-electron chi connectivity index (χ4n) is 3.82. The van der Waals surface area contributed by atoms with Gasteiger partial charge in [0.1, 0.15) is 17.4 Å². The van der Waals surface area contributed by atoms with Gasteiger partial charge in [0, 0.05) is 36.9 Å². The number of aromatic nitrogens is 3. The molecule has 0 fully saturated rings. The van der Waals surface area contributed by atoms with E-state index in [0.717, 1.165) is 22.8 Å². The summed E-state index contributed by atoms with van der Waals surface area (Å²) in [6, 6.07) is 17.0. The first-order chi connectivity index (χ1) is 16.0. The van der Waals surface area contributed by atoms with Crippen molar-refractivity contribution >= 4 is 17.4 Å². The van der Waals surface area contributed by atoms with Gasteiger partial charge in [-0.1, -0.05) is 48.5 Å². The van der Waals surface area contributed by atoms with Crippen LogP contribution in [0.15, 0.2) is 69.8 Å². The number of benzene rings is 2. The maximum absolute atomic E-state index is 12.5. The van der Waals surface area contributed by atoms with Crippen LogP contribution in [0.25, 0.3) is 0 Å². The van der Waals surface area contributed by atoms with Crippen molar-refractivity contribution in [1.82, 2.24) is 14.8 Å². The SMILES string of the molecule is CCn1c(CCC(=O)Cc2cccc(C(C)=O)c2)nnc1CC1N=NC(c2ccccc2)=N1. The summed E-state index contributed by atoms with van der Waals surface area (Å²) >= 11 is 0. The second-order valence-corrected chi connectivity index (χ2v) is 7.97. The molecule has 1 aromatic heterocycles. The van der Waals surface area contributed by atoms with Gasteiger partial charge < -0.3 is 4.57 Å². The van der Waals surface area contributed by atoms with Crippen molar-refractivity contribution in [2.24, 2.45) is 15.2 Å². The Balaban J connectivity index is 1.36. The quantitative estimate of drug-likeness (QED) is 0.442. The smallest absolute Gasteiger partial charge is 0.179 e. The molecule has 1 aliphatic rings. The van der Waals surface area contributed by atoms with Crippen LogP contribution < -0.4 is 0 Å². The minimum atomic E-state index is -0.322. The van der Waals surface area contributed by atoms with Gasteiger partial charge in [-0.05, 0) is 25.5 Å². The fourth-order valence-corrected chi connectivity index (χ4v) is 3.82. The first kappa shape index (κ1) is 22.4. The van der Waals surface area contributed by atoms with E-state index in [1.165, 1.54) is 6.92 Å². The van der Waals surface area contributed by atoms with Gasteiger partial charge in [-0.2, -0.15) is 5.11 Å². The monoisotopic (exact) mass is 442 g/mol. The van der Waals surface area contributed by atoms with Gasteiger partial charge in [0.05, 0.1) is 6.42 Å². The van der Waals surface area contributed by atoms with E-state index < -0.39 is 0 Å². The van der Waals surface area contributed by atoms with E-state index in [4.69, 9.17) is 0 Å². The van der Waals surface area contributed by atoms with Crippen LogP contribution >= 0.6 is 0 Å². The molecule has 8 heteroatoms. The van der Waals surface area contributed by atoms with E-state index in [2.05, 4.69) is 25.4 Å². The van der Waals surface area contributed by atoms with Gasteiger partial charge >= 0.3 is 0 Å². The van der Waals surface area contributed by atoms with Crippen molar-refractivity contribution in [3.05, 3.63) is 82.9 Å². The summed E-state index contributed by atoms with van der Waals surface area (Å²) in [5, 5.41) is 17.1. The Morgan fingerprint density at radius 1 is 1.00 bits per heavy atom. The highest BCUT2D eigenvalue weighted by Crippen LogP contribution is 2.17. The number of hydrogen-bond donors (Lipinski definition) is 0. The third-order valence-electron chi connectivity index (χ3n) is 5.54. The first-order valence-corrected chi connectivity index (χ1v) is 11.1. The number of ketones is 2. The first-order valence-electron chi connectivity index (χ1n) is 11.1. The number of amidine groups is 1. The number of Topliss-reactive ketones (excluding diaryl/α,β-unsaturated/α-hetero) is 2. The molecule has 0 bridgehead atoms. The highest BCUT2D eigenvalue weighted by atomic mass is 16.1. The summed E-state index contributed by atoms with van der Waals surface area (Å²) in [6.07, 6.45) is 1.36. The number of carbonyl (C=O) groups is 2. The van der Waals surface area contributed by atoms with E-state index in [1.54, 1.807) is 12.1 Å². The summed E-state index contributed by atoms with van der Waals surface area (Å²) in [5.41, 5.74) is 2.41. The zero-order chi connectivity index (χ0) is 23.2. The summed E-state index contributed by atoms with van der Waals surface area (Å²) < 4.78 is 2.02. The standard InChI is InChI=1S/C25H26N6O2/c1-3-31-23(13-12-21(33)15-18-8-7-11-20(14-18)17(2)32)28-29-24(31)16-22-26-25(30-27-22)19-9-5-4-6-10-19/h4-11,14,22H,3,12-13,15-16H2,1-2H3. The lowest BCUT2D eigenvalue weighted by Gasteiger charge is -2.08. The molecule has 2 aromatic carbocycles. The zero-order valence-electron chi connectivity index (χ0n) is 18.8. The molecule has 2 heterocycles. The number of aryl methyl sites for hydroxylation is 1. The van der Waals surface area contributed by atoms with Crippen molar-refractivity contribution in [3.8, 4) is 0 Å². The lowest BCUT2D eigenvalue weighted by Crippen LogP contribution is -2.13. The average Bonchev–Trinajstić information content (AvgIpc) is 3.45. The van der Waals surface area contributed by atoms with Gasteiger partial charge in [0.25, 0.3) is 0 Å². The van der Waals surface area contributed by atoms with E-state index in [-0.39, 0.29) is 17.7 Å². The van der Waals surface area contributed by atoms with Crippen molar-refractivity contribution in [3.63, 3.8) is 0 Å². The Labute approximate surface area is 192 Å². The zero-order valence-corrected chi connectivity index (χ0v) is 18.8. The molecule has 0 aliphatic carbocycles. The number of nitrogens with zero attached hydrogens (tertiary/aromatic N) is 6. The molecule has 33 heavy (non-hydrogen) atoms. The molecule has 1 atom stereocenters. The Bertz CT molecular complexity index is 1210. The van der Waals surface area contributed by atoms with Crippen molar-refractivity contribution in [2.45, 2.75) is 52.2 Å². The second kappa shape index (κ2) is 10.2. The summed E-state index contributed by atoms with van der Waals surface area (Å²) in [7, 11) is 0. The molecule has 1 unspecified atom stereocenters. The summed E-state index contributed by atoms with van der Waals surface area (Å²) in [6.45, 7) is 4.25. The van der Waals surface area contributed by atoms with Crippen LogP contribution in [0.2, 0.25) is 0 Å². The van der Waals surface area contributed by atoms with Crippen LogP contribution in [0, 0.1) is 0 Å². The Kier molecular flexibility index (Phi) is 6.92. The average molecular weight is 443 g/mol. The van der Waals surface area contributed by atoms with E-state index in [1.807, 2.05) is 54.0 Å². The van der Waals surface area contributed by atoms with E-state index >= 15 is 0 Å². The topological polar surface area (TPSA) is 102 Å². The van der Waals surface area contributed by atoms with Gasteiger partial charge in [-0.15, -0.1) is 15.3 Å². The third kappa shape index (κ3) is 5.52.